The highest BCUT2D eigenvalue weighted by Gasteiger charge is 2.13. The molecule has 0 aliphatic heterocycles. The summed E-state index contributed by atoms with van der Waals surface area (Å²) < 4.78 is 11.1. The predicted octanol–water partition coefficient (Wildman–Crippen LogP) is 4.30. The Balaban J connectivity index is 1.63. The van der Waals surface area contributed by atoms with Crippen molar-refractivity contribution in [2.45, 2.75) is 20.0 Å². The molecule has 0 aliphatic rings. The number of nitrogens with zero attached hydrogens (tertiary/aromatic N) is 2. The molecule has 0 fully saturated rings. The number of aromatic amines is 1. The average molecular weight is 404 g/mol. The Hall–Kier alpha value is -3.87. The van der Waals surface area contributed by atoms with Crippen LogP contribution >= 0.6 is 0 Å². The fourth-order valence-corrected chi connectivity index (χ4v) is 2.68. The molecule has 154 valence electrons. The number of nitrogens with one attached hydrogen (secondary N) is 2. The summed E-state index contributed by atoms with van der Waals surface area (Å²) in [5.41, 5.74) is 5.23. The van der Waals surface area contributed by atoms with Gasteiger partial charge in [0.15, 0.2) is 11.5 Å². The van der Waals surface area contributed by atoms with Gasteiger partial charge in [0.1, 0.15) is 5.69 Å². The SMILES string of the molecule is COc1cc(-c2cc(C(=O)N/N=C/C=C/c3ccccc3)[nH]n2)ccc1OC(C)C. The van der Waals surface area contributed by atoms with E-state index in [1.54, 1.807) is 19.3 Å². The van der Waals surface area contributed by atoms with Crippen LogP contribution in [0.4, 0.5) is 0 Å². The van der Waals surface area contributed by atoms with Gasteiger partial charge in [0, 0.05) is 11.8 Å². The third-order valence-corrected chi connectivity index (χ3v) is 4.06. The van der Waals surface area contributed by atoms with Gasteiger partial charge in [-0.1, -0.05) is 36.4 Å². The molecule has 0 atom stereocenters. The van der Waals surface area contributed by atoms with Crippen molar-refractivity contribution in [1.29, 1.82) is 0 Å². The number of ether oxygens (including phenoxy) is 2. The molecule has 1 amide bonds. The van der Waals surface area contributed by atoms with E-state index in [1.165, 1.54) is 6.21 Å². The van der Waals surface area contributed by atoms with Crippen molar-refractivity contribution in [3.05, 3.63) is 71.9 Å². The summed E-state index contributed by atoms with van der Waals surface area (Å²) >= 11 is 0. The maximum absolute atomic E-state index is 12.3. The van der Waals surface area contributed by atoms with Gasteiger partial charge in [-0.05, 0) is 49.8 Å². The van der Waals surface area contributed by atoms with E-state index < -0.39 is 0 Å². The van der Waals surface area contributed by atoms with Gasteiger partial charge in [-0.2, -0.15) is 10.2 Å². The Morgan fingerprint density at radius 2 is 1.93 bits per heavy atom. The zero-order valence-corrected chi connectivity index (χ0v) is 17.1. The molecule has 3 rings (SSSR count). The van der Waals surface area contributed by atoms with Crippen LogP contribution in [0.2, 0.25) is 0 Å². The number of rotatable bonds is 8. The number of methoxy groups -OCH3 is 1. The van der Waals surface area contributed by atoms with E-state index in [1.807, 2.05) is 68.5 Å². The summed E-state index contributed by atoms with van der Waals surface area (Å²) in [7, 11) is 1.58. The zero-order chi connectivity index (χ0) is 21.3. The molecular weight excluding hydrogens is 380 g/mol. The number of aromatic nitrogens is 2. The normalized spacial score (nSPS) is 11.3. The Morgan fingerprint density at radius 1 is 1.13 bits per heavy atom. The molecule has 30 heavy (non-hydrogen) atoms. The van der Waals surface area contributed by atoms with Crippen LogP contribution in [0.1, 0.15) is 29.9 Å². The second kappa shape index (κ2) is 10.1. The lowest BCUT2D eigenvalue weighted by atomic mass is 10.1. The van der Waals surface area contributed by atoms with Crippen molar-refractivity contribution in [2.75, 3.05) is 7.11 Å². The van der Waals surface area contributed by atoms with Crippen LogP contribution in [0.3, 0.4) is 0 Å². The number of carbonyl (C=O) groups excluding carboxylic acids is 1. The zero-order valence-electron chi connectivity index (χ0n) is 17.1. The third-order valence-electron chi connectivity index (χ3n) is 4.06. The first-order valence-corrected chi connectivity index (χ1v) is 9.52. The topological polar surface area (TPSA) is 88.6 Å². The van der Waals surface area contributed by atoms with Crippen LogP contribution in [-0.4, -0.2) is 35.5 Å². The minimum absolute atomic E-state index is 0.0357. The molecular formula is C23H24N4O3. The maximum atomic E-state index is 12.3. The minimum atomic E-state index is -0.384. The summed E-state index contributed by atoms with van der Waals surface area (Å²) in [5, 5.41) is 10.9. The van der Waals surface area contributed by atoms with Gasteiger partial charge in [0.25, 0.3) is 5.91 Å². The van der Waals surface area contributed by atoms with E-state index >= 15 is 0 Å². The van der Waals surface area contributed by atoms with E-state index in [0.717, 1.165) is 11.1 Å². The van der Waals surface area contributed by atoms with Gasteiger partial charge in [-0.25, -0.2) is 5.43 Å². The molecule has 3 aromatic rings. The van der Waals surface area contributed by atoms with Crippen molar-refractivity contribution >= 4 is 18.2 Å². The van der Waals surface area contributed by atoms with Crippen LogP contribution < -0.4 is 14.9 Å². The van der Waals surface area contributed by atoms with Crippen molar-refractivity contribution < 1.29 is 14.3 Å². The van der Waals surface area contributed by atoms with E-state index in [-0.39, 0.29) is 12.0 Å². The average Bonchev–Trinajstić information content (AvgIpc) is 3.24. The monoisotopic (exact) mass is 404 g/mol. The van der Waals surface area contributed by atoms with E-state index in [4.69, 9.17) is 9.47 Å². The first kappa shape index (κ1) is 20.9. The quantitative estimate of drug-likeness (QED) is 0.433. The van der Waals surface area contributed by atoms with Crippen molar-refractivity contribution in [3.8, 4) is 22.8 Å². The minimum Gasteiger partial charge on any atom is -0.493 e. The van der Waals surface area contributed by atoms with Gasteiger partial charge in [0.2, 0.25) is 0 Å². The number of carbonyl (C=O) groups is 1. The highest BCUT2D eigenvalue weighted by Crippen LogP contribution is 2.32. The lowest BCUT2D eigenvalue weighted by Gasteiger charge is -2.14. The fraction of sp³-hybridized carbons (Fsp3) is 0.174. The first-order chi connectivity index (χ1) is 14.6. The standard InChI is InChI=1S/C23H24N4O3/c1-16(2)30-21-12-11-18(14-22(21)29-3)19-15-20(26-25-19)23(28)27-24-13-7-10-17-8-5-4-6-9-17/h4-16H,1-3H3,(H,25,26)(H,27,28)/b10-7+,24-13+. The molecule has 7 nitrogen and oxygen atoms in total. The molecule has 1 aromatic heterocycles. The Kier molecular flexibility index (Phi) is 7.00. The molecule has 0 aliphatic carbocycles. The van der Waals surface area contributed by atoms with Crippen LogP contribution in [0, 0.1) is 0 Å². The molecule has 0 unspecified atom stereocenters. The Morgan fingerprint density at radius 3 is 2.67 bits per heavy atom. The van der Waals surface area contributed by atoms with Crippen LogP contribution in [0.5, 0.6) is 11.5 Å². The summed E-state index contributed by atoms with van der Waals surface area (Å²) in [6.45, 7) is 3.90. The Labute approximate surface area is 175 Å². The summed E-state index contributed by atoms with van der Waals surface area (Å²) in [6.07, 6.45) is 5.19. The molecule has 0 radical (unpaired) electrons. The number of hydrazone groups is 1. The molecule has 7 heteroatoms. The van der Waals surface area contributed by atoms with Crippen molar-refractivity contribution in [3.63, 3.8) is 0 Å². The van der Waals surface area contributed by atoms with Crippen molar-refractivity contribution in [2.24, 2.45) is 5.10 Å². The van der Waals surface area contributed by atoms with Crippen LogP contribution in [0.25, 0.3) is 17.3 Å². The molecule has 2 N–H and O–H groups in total. The van der Waals surface area contributed by atoms with E-state index in [9.17, 15) is 4.79 Å². The van der Waals surface area contributed by atoms with Crippen molar-refractivity contribution in [1.82, 2.24) is 15.6 Å². The molecule has 0 saturated heterocycles. The van der Waals surface area contributed by atoms with Gasteiger partial charge in [-0.3, -0.25) is 9.89 Å². The third kappa shape index (κ3) is 5.57. The number of hydrogen-bond acceptors (Lipinski definition) is 5. The second-order valence-electron chi connectivity index (χ2n) is 6.69. The van der Waals surface area contributed by atoms with Gasteiger partial charge >= 0.3 is 0 Å². The number of H-pyrrole nitrogens is 1. The predicted molar refractivity (Wildman–Crippen MR) is 118 cm³/mol. The van der Waals surface area contributed by atoms with Gasteiger partial charge in [-0.15, -0.1) is 0 Å². The first-order valence-electron chi connectivity index (χ1n) is 9.52. The smallest absolute Gasteiger partial charge is 0.289 e. The lowest BCUT2D eigenvalue weighted by Crippen LogP contribution is -2.17. The summed E-state index contributed by atoms with van der Waals surface area (Å²) in [6, 6.07) is 17.0. The number of amides is 1. The molecule has 1 heterocycles. The summed E-state index contributed by atoms with van der Waals surface area (Å²) in [4.78, 5) is 12.3. The molecule has 0 bridgehead atoms. The number of hydrogen-bond donors (Lipinski definition) is 2. The van der Waals surface area contributed by atoms with Gasteiger partial charge in [0.05, 0.1) is 18.9 Å². The number of benzene rings is 2. The Bertz CT molecular complexity index is 1040. The van der Waals surface area contributed by atoms with Crippen LogP contribution in [-0.2, 0) is 0 Å². The van der Waals surface area contributed by atoms with E-state index in [2.05, 4.69) is 20.7 Å². The fourth-order valence-electron chi connectivity index (χ4n) is 2.68. The number of allylic oxidation sites excluding steroid dienone is 1. The molecule has 2 aromatic carbocycles. The van der Waals surface area contributed by atoms with E-state index in [0.29, 0.717) is 22.9 Å². The van der Waals surface area contributed by atoms with Crippen LogP contribution in [0.15, 0.2) is 65.8 Å². The highest BCUT2D eigenvalue weighted by molar-refractivity contribution is 5.94. The van der Waals surface area contributed by atoms with Gasteiger partial charge < -0.3 is 9.47 Å². The highest BCUT2D eigenvalue weighted by atomic mass is 16.5. The lowest BCUT2D eigenvalue weighted by molar-refractivity contribution is 0.0950. The molecule has 0 saturated carbocycles. The largest absolute Gasteiger partial charge is 0.493 e. The maximum Gasteiger partial charge on any atom is 0.289 e. The molecule has 0 spiro atoms. The summed E-state index contributed by atoms with van der Waals surface area (Å²) in [5.74, 6) is 0.873. The second-order valence-corrected chi connectivity index (χ2v) is 6.69.